The van der Waals surface area contributed by atoms with Crippen molar-refractivity contribution in [2.45, 2.75) is 19.1 Å². The fraction of sp³-hybridized carbons (Fsp3) is 0.375. The van der Waals surface area contributed by atoms with Crippen molar-refractivity contribution < 1.29 is 15.0 Å². The molecule has 4 nitrogen and oxygen atoms in total. The van der Waals surface area contributed by atoms with Gasteiger partial charge in [-0.2, -0.15) is 11.3 Å². The van der Waals surface area contributed by atoms with E-state index in [0.29, 0.717) is 5.56 Å². The normalized spacial score (nSPS) is 15.3. The van der Waals surface area contributed by atoms with Gasteiger partial charge in [0.2, 0.25) is 0 Å². The van der Waals surface area contributed by atoms with Crippen LogP contribution in [-0.4, -0.2) is 22.3 Å². The fourth-order valence-corrected chi connectivity index (χ4v) is 1.87. The van der Waals surface area contributed by atoms with Crippen LogP contribution in [-0.2, 0) is 0 Å². The standard InChI is InChI=1S/C8H11NO3S/c1-4(10)7(9)5-2-13-3-6(5)8(11)12/h2-4,7,10H,9H2,1H3,(H,11,12)/t4-,7+/m1/s1. The lowest BCUT2D eigenvalue weighted by atomic mass is 10.0. The van der Waals surface area contributed by atoms with Crippen LogP contribution in [0, 0.1) is 0 Å². The zero-order valence-electron chi connectivity index (χ0n) is 7.10. The van der Waals surface area contributed by atoms with Crippen LogP contribution in [0.5, 0.6) is 0 Å². The second-order valence-electron chi connectivity index (χ2n) is 2.81. The van der Waals surface area contributed by atoms with E-state index in [1.165, 1.54) is 23.6 Å². The maximum Gasteiger partial charge on any atom is 0.336 e. The maximum absolute atomic E-state index is 10.7. The van der Waals surface area contributed by atoms with Crippen LogP contribution >= 0.6 is 11.3 Å². The minimum Gasteiger partial charge on any atom is -0.478 e. The van der Waals surface area contributed by atoms with E-state index in [-0.39, 0.29) is 5.56 Å². The van der Waals surface area contributed by atoms with E-state index in [9.17, 15) is 9.90 Å². The number of aliphatic hydroxyl groups excluding tert-OH is 1. The summed E-state index contributed by atoms with van der Waals surface area (Å²) in [6.45, 7) is 1.54. The molecule has 0 radical (unpaired) electrons. The summed E-state index contributed by atoms with van der Waals surface area (Å²) in [7, 11) is 0. The van der Waals surface area contributed by atoms with Crippen LogP contribution in [0.1, 0.15) is 28.9 Å². The van der Waals surface area contributed by atoms with Crippen molar-refractivity contribution in [2.75, 3.05) is 0 Å². The number of hydrogen-bond acceptors (Lipinski definition) is 4. The fourth-order valence-electron chi connectivity index (χ4n) is 0.999. The average molecular weight is 201 g/mol. The highest BCUT2D eigenvalue weighted by Crippen LogP contribution is 2.23. The summed E-state index contributed by atoms with van der Waals surface area (Å²) in [5, 5.41) is 21.1. The summed E-state index contributed by atoms with van der Waals surface area (Å²) >= 11 is 1.27. The molecule has 0 spiro atoms. The van der Waals surface area contributed by atoms with Crippen molar-refractivity contribution in [1.82, 2.24) is 0 Å². The van der Waals surface area contributed by atoms with Gasteiger partial charge >= 0.3 is 5.97 Å². The van der Waals surface area contributed by atoms with E-state index >= 15 is 0 Å². The first kappa shape index (κ1) is 10.2. The van der Waals surface area contributed by atoms with Gasteiger partial charge in [-0.05, 0) is 17.9 Å². The summed E-state index contributed by atoms with van der Waals surface area (Å²) in [5.41, 5.74) is 6.29. The van der Waals surface area contributed by atoms with Crippen molar-refractivity contribution in [3.8, 4) is 0 Å². The lowest BCUT2D eigenvalue weighted by Crippen LogP contribution is -2.24. The first-order chi connectivity index (χ1) is 6.04. The largest absolute Gasteiger partial charge is 0.478 e. The molecular weight excluding hydrogens is 190 g/mol. The number of aliphatic hydroxyl groups is 1. The number of aromatic carboxylic acids is 1. The molecule has 1 rings (SSSR count). The van der Waals surface area contributed by atoms with Gasteiger partial charge in [0.15, 0.2) is 0 Å². The quantitative estimate of drug-likeness (QED) is 0.676. The van der Waals surface area contributed by atoms with Crippen LogP contribution in [0.15, 0.2) is 10.8 Å². The lowest BCUT2D eigenvalue weighted by molar-refractivity contribution is 0.0694. The Hall–Kier alpha value is -0.910. The van der Waals surface area contributed by atoms with Crippen molar-refractivity contribution in [1.29, 1.82) is 0 Å². The highest BCUT2D eigenvalue weighted by Gasteiger charge is 2.20. The molecule has 0 fully saturated rings. The molecule has 0 saturated heterocycles. The molecule has 0 aliphatic carbocycles. The van der Waals surface area contributed by atoms with E-state index in [0.717, 1.165) is 0 Å². The highest BCUT2D eigenvalue weighted by atomic mass is 32.1. The molecule has 4 N–H and O–H groups in total. The predicted octanol–water partition coefficient (Wildman–Crippen LogP) is 0.827. The van der Waals surface area contributed by atoms with E-state index in [1.807, 2.05) is 0 Å². The van der Waals surface area contributed by atoms with Gasteiger partial charge in [0, 0.05) is 5.38 Å². The summed E-state index contributed by atoms with van der Waals surface area (Å²) < 4.78 is 0. The monoisotopic (exact) mass is 201 g/mol. The molecular formula is C8H11NO3S. The van der Waals surface area contributed by atoms with Crippen LogP contribution < -0.4 is 5.73 Å². The van der Waals surface area contributed by atoms with E-state index in [1.54, 1.807) is 5.38 Å². The molecule has 0 amide bonds. The first-order valence-corrected chi connectivity index (χ1v) is 4.71. The minimum atomic E-state index is -1.01. The number of carbonyl (C=O) groups is 1. The van der Waals surface area contributed by atoms with E-state index in [4.69, 9.17) is 10.8 Å². The molecule has 1 heterocycles. The third kappa shape index (κ3) is 2.06. The zero-order chi connectivity index (χ0) is 10.0. The van der Waals surface area contributed by atoms with Gasteiger partial charge in [-0.3, -0.25) is 0 Å². The Bertz CT molecular complexity index is 308. The summed E-state index contributed by atoms with van der Waals surface area (Å²) in [6, 6.07) is -0.627. The molecule has 72 valence electrons. The SMILES string of the molecule is C[C@@H](O)[C@H](N)c1cscc1C(=O)O. The minimum absolute atomic E-state index is 0.179. The molecule has 1 aromatic rings. The van der Waals surface area contributed by atoms with E-state index in [2.05, 4.69) is 0 Å². The maximum atomic E-state index is 10.7. The molecule has 0 unspecified atom stereocenters. The molecule has 0 aliphatic rings. The molecule has 2 atom stereocenters. The topological polar surface area (TPSA) is 83.5 Å². The van der Waals surface area contributed by atoms with Crippen LogP contribution in [0.4, 0.5) is 0 Å². The number of nitrogens with two attached hydrogens (primary N) is 1. The molecule has 13 heavy (non-hydrogen) atoms. The van der Waals surface area contributed by atoms with Crippen molar-refractivity contribution in [3.05, 3.63) is 21.9 Å². The molecule has 0 aliphatic heterocycles. The van der Waals surface area contributed by atoms with E-state index < -0.39 is 18.1 Å². The first-order valence-electron chi connectivity index (χ1n) is 3.77. The highest BCUT2D eigenvalue weighted by molar-refractivity contribution is 7.08. The third-order valence-electron chi connectivity index (χ3n) is 1.80. The van der Waals surface area contributed by atoms with Gasteiger partial charge in [-0.15, -0.1) is 0 Å². The van der Waals surface area contributed by atoms with Gasteiger partial charge < -0.3 is 15.9 Å². The number of hydrogen-bond donors (Lipinski definition) is 3. The number of carboxylic acids is 1. The van der Waals surface area contributed by atoms with Gasteiger partial charge in [-0.25, -0.2) is 4.79 Å². The molecule has 0 saturated carbocycles. The number of thiophene rings is 1. The van der Waals surface area contributed by atoms with Crippen LogP contribution in [0.2, 0.25) is 0 Å². The predicted molar refractivity (Wildman–Crippen MR) is 49.9 cm³/mol. The average Bonchev–Trinajstić information content (AvgIpc) is 2.50. The molecule has 5 heteroatoms. The Morgan fingerprint density at radius 2 is 2.23 bits per heavy atom. The van der Waals surface area contributed by atoms with Gasteiger partial charge in [0.25, 0.3) is 0 Å². The second-order valence-corrected chi connectivity index (χ2v) is 3.56. The Morgan fingerprint density at radius 1 is 1.62 bits per heavy atom. The molecule has 0 aromatic carbocycles. The molecule has 0 bridgehead atoms. The summed E-state index contributed by atoms with van der Waals surface area (Å²) in [4.78, 5) is 10.7. The lowest BCUT2D eigenvalue weighted by Gasteiger charge is -2.13. The van der Waals surface area contributed by atoms with Crippen molar-refractivity contribution in [3.63, 3.8) is 0 Å². The smallest absolute Gasteiger partial charge is 0.336 e. The Balaban J connectivity index is 3.00. The van der Waals surface area contributed by atoms with Gasteiger partial charge in [0.05, 0.1) is 17.7 Å². The zero-order valence-corrected chi connectivity index (χ0v) is 7.91. The third-order valence-corrected chi connectivity index (χ3v) is 2.56. The molecule has 1 aromatic heterocycles. The Morgan fingerprint density at radius 3 is 2.69 bits per heavy atom. The van der Waals surface area contributed by atoms with Crippen LogP contribution in [0.3, 0.4) is 0 Å². The van der Waals surface area contributed by atoms with Gasteiger partial charge in [-0.1, -0.05) is 0 Å². The second kappa shape index (κ2) is 3.87. The Kier molecular flexibility index (Phi) is 3.02. The summed E-state index contributed by atoms with van der Waals surface area (Å²) in [6.07, 6.45) is -0.743. The van der Waals surface area contributed by atoms with Gasteiger partial charge in [0.1, 0.15) is 0 Å². The Labute approximate surface area is 79.6 Å². The summed E-state index contributed by atoms with van der Waals surface area (Å²) in [5.74, 6) is -1.01. The number of rotatable bonds is 3. The van der Waals surface area contributed by atoms with Crippen molar-refractivity contribution in [2.24, 2.45) is 5.73 Å². The number of carboxylic acid groups (broad SMARTS) is 1. The van der Waals surface area contributed by atoms with Crippen LogP contribution in [0.25, 0.3) is 0 Å². The van der Waals surface area contributed by atoms with Crippen molar-refractivity contribution >= 4 is 17.3 Å².